The maximum Gasteiger partial charge on any atom is 0.335 e. The van der Waals surface area contributed by atoms with Gasteiger partial charge in [-0.25, -0.2) is 9.69 Å². The number of imide groups is 2. The second-order valence-corrected chi connectivity index (χ2v) is 9.90. The number of aryl methyl sites for hydroxylation is 3. The van der Waals surface area contributed by atoms with E-state index in [1.807, 2.05) is 32.0 Å². The average molecular weight is 582 g/mol. The summed E-state index contributed by atoms with van der Waals surface area (Å²) in [4.78, 5) is 51.6. The fraction of sp³-hybridized carbons (Fsp3) is 0.172. The Morgan fingerprint density at radius 2 is 1.73 bits per heavy atom. The molecule has 1 aliphatic rings. The molecule has 4 rings (SSSR count). The number of nitrogens with one attached hydrogen (secondary N) is 2. The van der Waals surface area contributed by atoms with Crippen LogP contribution in [-0.4, -0.2) is 37.5 Å². The lowest BCUT2D eigenvalue weighted by Crippen LogP contribution is -2.54. The van der Waals surface area contributed by atoms with Crippen LogP contribution in [0, 0.1) is 20.8 Å². The van der Waals surface area contributed by atoms with Gasteiger partial charge in [-0.05, 0) is 73.9 Å². The molecule has 5 amide bonds. The largest absolute Gasteiger partial charge is 0.493 e. The third-order valence-electron chi connectivity index (χ3n) is 6.08. The van der Waals surface area contributed by atoms with Crippen molar-refractivity contribution < 1.29 is 28.7 Å². The third-order valence-corrected chi connectivity index (χ3v) is 6.77. The van der Waals surface area contributed by atoms with Crippen LogP contribution >= 0.6 is 23.2 Å². The molecule has 3 aromatic rings. The van der Waals surface area contributed by atoms with Gasteiger partial charge in [0.05, 0.1) is 17.8 Å². The summed E-state index contributed by atoms with van der Waals surface area (Å²) in [5, 5.41) is 5.38. The lowest BCUT2D eigenvalue weighted by molar-refractivity contribution is -0.122. The lowest BCUT2D eigenvalue weighted by atomic mass is 10.1. The zero-order chi connectivity index (χ0) is 29.1. The van der Waals surface area contributed by atoms with Crippen molar-refractivity contribution in [2.45, 2.75) is 20.8 Å². The van der Waals surface area contributed by atoms with Crippen LogP contribution in [0.5, 0.6) is 11.5 Å². The highest BCUT2D eigenvalue weighted by atomic mass is 35.5. The van der Waals surface area contributed by atoms with Gasteiger partial charge in [0.2, 0.25) is 0 Å². The van der Waals surface area contributed by atoms with Gasteiger partial charge >= 0.3 is 6.03 Å². The Labute approximate surface area is 240 Å². The van der Waals surface area contributed by atoms with Crippen molar-refractivity contribution >= 4 is 64.4 Å². The van der Waals surface area contributed by atoms with Gasteiger partial charge in [0, 0.05) is 10.7 Å². The lowest BCUT2D eigenvalue weighted by Gasteiger charge is -2.26. The molecule has 0 aliphatic carbocycles. The van der Waals surface area contributed by atoms with Crippen LogP contribution in [0.2, 0.25) is 10.0 Å². The second-order valence-electron chi connectivity index (χ2n) is 9.08. The van der Waals surface area contributed by atoms with Crippen molar-refractivity contribution in [3.8, 4) is 11.5 Å². The summed E-state index contributed by atoms with van der Waals surface area (Å²) in [6.07, 6.45) is 1.28. The van der Waals surface area contributed by atoms with E-state index in [2.05, 4.69) is 10.6 Å². The Morgan fingerprint density at radius 1 is 0.975 bits per heavy atom. The van der Waals surface area contributed by atoms with Gasteiger partial charge in [-0.3, -0.25) is 19.7 Å². The van der Waals surface area contributed by atoms with Gasteiger partial charge < -0.3 is 14.8 Å². The topological polar surface area (TPSA) is 114 Å². The van der Waals surface area contributed by atoms with Gasteiger partial charge in [0.1, 0.15) is 5.57 Å². The molecule has 1 fully saturated rings. The van der Waals surface area contributed by atoms with Crippen LogP contribution in [0.4, 0.5) is 16.2 Å². The molecular weight excluding hydrogens is 557 g/mol. The van der Waals surface area contributed by atoms with Gasteiger partial charge in [0.15, 0.2) is 18.1 Å². The molecule has 9 nitrogen and oxygen atoms in total. The number of ether oxygens (including phenoxy) is 2. The number of halogens is 2. The first-order valence-corrected chi connectivity index (χ1v) is 12.8. The highest BCUT2D eigenvalue weighted by molar-refractivity contribution is 6.39. The fourth-order valence-corrected chi connectivity index (χ4v) is 4.47. The quantitative estimate of drug-likeness (QED) is 0.277. The average Bonchev–Trinajstić information content (AvgIpc) is 2.89. The van der Waals surface area contributed by atoms with E-state index in [9.17, 15) is 19.2 Å². The molecule has 3 aromatic carbocycles. The molecule has 0 radical (unpaired) electrons. The van der Waals surface area contributed by atoms with Crippen molar-refractivity contribution in [3.63, 3.8) is 0 Å². The van der Waals surface area contributed by atoms with E-state index in [0.717, 1.165) is 21.6 Å². The van der Waals surface area contributed by atoms with E-state index in [0.29, 0.717) is 16.3 Å². The predicted octanol–water partition coefficient (Wildman–Crippen LogP) is 5.61. The smallest absolute Gasteiger partial charge is 0.335 e. The molecule has 1 aliphatic heterocycles. The zero-order valence-corrected chi connectivity index (χ0v) is 23.6. The van der Waals surface area contributed by atoms with Crippen LogP contribution < -0.4 is 25.0 Å². The first kappa shape index (κ1) is 28.7. The molecule has 0 aromatic heterocycles. The monoisotopic (exact) mass is 581 g/mol. The highest BCUT2D eigenvalue weighted by Crippen LogP contribution is 2.37. The molecule has 11 heteroatoms. The standard InChI is InChI=1S/C29H25Cl2N3O6/c1-15-5-8-23(17(3)9-15)32-25(35)14-40-26-22(31)11-18(12-24(26)39-4)10-20-27(36)33-29(38)34(28(20)37)19-7-6-16(2)21(30)13-19/h5-13H,14H2,1-4H3,(H,32,35)(H,33,36,38)/b20-10+. The third kappa shape index (κ3) is 6.11. The molecule has 206 valence electrons. The zero-order valence-electron chi connectivity index (χ0n) is 22.1. The van der Waals surface area contributed by atoms with E-state index in [-0.39, 0.29) is 34.4 Å². The summed E-state index contributed by atoms with van der Waals surface area (Å²) in [5.41, 5.74) is 3.62. The normalized spacial score (nSPS) is 14.3. The Morgan fingerprint density at radius 3 is 2.40 bits per heavy atom. The first-order valence-electron chi connectivity index (χ1n) is 12.0. The SMILES string of the molecule is COc1cc(/C=C2\C(=O)NC(=O)N(c3ccc(C)c(Cl)c3)C2=O)cc(Cl)c1OCC(=O)Nc1ccc(C)cc1C. The number of methoxy groups -OCH3 is 1. The number of hydrogen-bond acceptors (Lipinski definition) is 6. The Hall–Kier alpha value is -4.34. The minimum atomic E-state index is -0.898. The molecule has 0 atom stereocenters. The Balaban J connectivity index is 1.56. The highest BCUT2D eigenvalue weighted by Gasteiger charge is 2.37. The first-order chi connectivity index (χ1) is 19.0. The molecule has 1 saturated heterocycles. The molecule has 0 saturated carbocycles. The summed E-state index contributed by atoms with van der Waals surface area (Å²) in [6, 6.07) is 12.3. The molecule has 0 spiro atoms. The maximum atomic E-state index is 13.2. The molecule has 2 N–H and O–H groups in total. The van der Waals surface area contributed by atoms with E-state index >= 15 is 0 Å². The Bertz CT molecular complexity index is 1580. The summed E-state index contributed by atoms with van der Waals surface area (Å²) >= 11 is 12.6. The number of benzene rings is 3. The maximum absolute atomic E-state index is 13.2. The van der Waals surface area contributed by atoms with Gasteiger partial charge in [0.25, 0.3) is 17.7 Å². The van der Waals surface area contributed by atoms with Crippen molar-refractivity contribution in [1.29, 1.82) is 0 Å². The number of rotatable bonds is 7. The van der Waals surface area contributed by atoms with Gasteiger partial charge in [-0.15, -0.1) is 0 Å². The van der Waals surface area contributed by atoms with E-state index < -0.39 is 23.8 Å². The number of carbonyl (C=O) groups excluding carboxylic acids is 4. The van der Waals surface area contributed by atoms with E-state index in [4.69, 9.17) is 32.7 Å². The summed E-state index contributed by atoms with van der Waals surface area (Å²) in [5.74, 6) is -1.84. The number of anilines is 2. The van der Waals surface area contributed by atoms with Gasteiger partial charge in [-0.2, -0.15) is 0 Å². The summed E-state index contributed by atoms with van der Waals surface area (Å²) in [6.45, 7) is 5.28. The number of barbiturate groups is 1. The molecule has 0 bridgehead atoms. The molecule has 1 heterocycles. The number of carbonyl (C=O) groups is 4. The minimum absolute atomic E-state index is 0.0763. The number of amides is 5. The van der Waals surface area contributed by atoms with Gasteiger partial charge in [-0.1, -0.05) is 47.0 Å². The van der Waals surface area contributed by atoms with Crippen molar-refractivity contribution in [2.75, 3.05) is 23.9 Å². The van der Waals surface area contributed by atoms with E-state index in [1.54, 1.807) is 19.1 Å². The number of urea groups is 1. The van der Waals surface area contributed by atoms with Crippen molar-refractivity contribution in [1.82, 2.24) is 5.32 Å². The predicted molar refractivity (Wildman–Crippen MR) is 153 cm³/mol. The molecule has 40 heavy (non-hydrogen) atoms. The Kier molecular flexibility index (Phi) is 8.46. The van der Waals surface area contributed by atoms with Crippen LogP contribution in [-0.2, 0) is 14.4 Å². The van der Waals surface area contributed by atoms with Crippen molar-refractivity contribution in [2.24, 2.45) is 0 Å². The summed E-state index contributed by atoms with van der Waals surface area (Å²) in [7, 11) is 1.38. The number of nitrogens with zero attached hydrogens (tertiary/aromatic N) is 1. The minimum Gasteiger partial charge on any atom is -0.493 e. The summed E-state index contributed by atoms with van der Waals surface area (Å²) < 4.78 is 11.0. The van der Waals surface area contributed by atoms with Crippen LogP contribution in [0.25, 0.3) is 6.08 Å². The van der Waals surface area contributed by atoms with Crippen LogP contribution in [0.3, 0.4) is 0 Å². The molecule has 0 unspecified atom stereocenters. The van der Waals surface area contributed by atoms with Crippen LogP contribution in [0.15, 0.2) is 54.1 Å². The van der Waals surface area contributed by atoms with E-state index in [1.165, 1.54) is 31.4 Å². The van der Waals surface area contributed by atoms with Crippen molar-refractivity contribution in [3.05, 3.63) is 86.4 Å². The fourth-order valence-electron chi connectivity index (χ4n) is 4.02. The van der Waals surface area contributed by atoms with Crippen LogP contribution in [0.1, 0.15) is 22.3 Å². The second kappa shape index (κ2) is 11.8. The number of hydrogen-bond donors (Lipinski definition) is 2. The molecular formula is C29H25Cl2N3O6.